The van der Waals surface area contributed by atoms with Gasteiger partial charge in [-0.1, -0.05) is 0 Å². The van der Waals surface area contributed by atoms with Gasteiger partial charge in [-0.05, 0) is 74.2 Å². The first kappa shape index (κ1) is 20.7. The number of ether oxygens (including phenoxy) is 3. The van der Waals surface area contributed by atoms with Crippen LogP contribution in [0.1, 0.15) is 34.3 Å². The lowest BCUT2D eigenvalue weighted by molar-refractivity contribution is -0.139. The molecule has 3 rings (SSSR count). The van der Waals surface area contributed by atoms with Gasteiger partial charge in [0.05, 0.1) is 6.10 Å². The lowest BCUT2D eigenvalue weighted by Gasteiger charge is -2.14. The summed E-state index contributed by atoms with van der Waals surface area (Å²) in [5, 5.41) is 11.6. The molecule has 1 fully saturated rings. The second-order valence-electron chi connectivity index (χ2n) is 7.05. The summed E-state index contributed by atoms with van der Waals surface area (Å²) in [7, 11) is 0. The normalized spacial score (nSPS) is 15.7. The molecular formula is C22H25NO6. The number of rotatable bonds is 8. The van der Waals surface area contributed by atoms with Crippen LogP contribution >= 0.6 is 0 Å². The van der Waals surface area contributed by atoms with Crippen LogP contribution < -0.4 is 14.8 Å². The first-order valence-corrected chi connectivity index (χ1v) is 9.54. The number of anilines is 1. The molecule has 0 aromatic heterocycles. The number of carboxylic acids is 1. The number of benzene rings is 2. The van der Waals surface area contributed by atoms with E-state index in [0.717, 1.165) is 25.2 Å². The van der Waals surface area contributed by atoms with Crippen LogP contribution in [0.4, 0.5) is 5.69 Å². The van der Waals surface area contributed by atoms with Crippen LogP contribution in [0.5, 0.6) is 11.5 Å². The zero-order chi connectivity index (χ0) is 20.8. The molecule has 2 aromatic carbocycles. The van der Waals surface area contributed by atoms with Crippen molar-refractivity contribution in [2.45, 2.75) is 32.8 Å². The fourth-order valence-electron chi connectivity index (χ4n) is 3.25. The van der Waals surface area contributed by atoms with E-state index in [4.69, 9.17) is 19.3 Å². The highest BCUT2D eigenvalue weighted by Crippen LogP contribution is 2.26. The maximum atomic E-state index is 12.6. The summed E-state index contributed by atoms with van der Waals surface area (Å²) in [5.41, 5.74) is 2.53. The van der Waals surface area contributed by atoms with Gasteiger partial charge in [0, 0.05) is 17.9 Å². The number of aliphatic carboxylic acids is 1. The maximum absolute atomic E-state index is 12.6. The van der Waals surface area contributed by atoms with Crippen LogP contribution in [0.3, 0.4) is 0 Å². The zero-order valence-corrected chi connectivity index (χ0v) is 16.6. The Bertz CT molecular complexity index is 848. The van der Waals surface area contributed by atoms with Crippen LogP contribution in [0.2, 0.25) is 0 Å². The molecule has 7 heteroatoms. The first-order valence-electron chi connectivity index (χ1n) is 9.54. The molecule has 0 spiro atoms. The second kappa shape index (κ2) is 9.43. The van der Waals surface area contributed by atoms with Crippen molar-refractivity contribution >= 4 is 17.6 Å². The highest BCUT2D eigenvalue weighted by Gasteiger charge is 2.16. The predicted molar refractivity (Wildman–Crippen MR) is 108 cm³/mol. The van der Waals surface area contributed by atoms with E-state index in [1.165, 1.54) is 0 Å². The van der Waals surface area contributed by atoms with Gasteiger partial charge < -0.3 is 24.6 Å². The highest BCUT2D eigenvalue weighted by atomic mass is 16.5. The van der Waals surface area contributed by atoms with E-state index in [1.54, 1.807) is 38.1 Å². The molecule has 0 radical (unpaired) electrons. The average Bonchev–Trinajstić information content (AvgIpc) is 3.20. The van der Waals surface area contributed by atoms with Crippen molar-refractivity contribution in [1.29, 1.82) is 0 Å². The number of aryl methyl sites for hydroxylation is 2. The lowest BCUT2D eigenvalue weighted by Crippen LogP contribution is -2.16. The molecule has 7 nitrogen and oxygen atoms in total. The Balaban J connectivity index is 1.59. The number of carboxylic acid groups (broad SMARTS) is 1. The molecule has 1 heterocycles. The van der Waals surface area contributed by atoms with E-state index < -0.39 is 12.6 Å². The molecule has 154 valence electrons. The Morgan fingerprint density at radius 1 is 1.14 bits per heavy atom. The Labute approximate surface area is 169 Å². The van der Waals surface area contributed by atoms with Crippen LogP contribution in [0.15, 0.2) is 36.4 Å². The largest absolute Gasteiger partial charge is 0.491 e. The van der Waals surface area contributed by atoms with Gasteiger partial charge in [-0.15, -0.1) is 0 Å². The van der Waals surface area contributed by atoms with E-state index >= 15 is 0 Å². The monoisotopic (exact) mass is 399 g/mol. The molecule has 29 heavy (non-hydrogen) atoms. The molecular weight excluding hydrogens is 374 g/mol. The lowest BCUT2D eigenvalue weighted by atomic mass is 10.0. The van der Waals surface area contributed by atoms with Gasteiger partial charge in [0.25, 0.3) is 5.91 Å². The molecule has 2 aromatic rings. The van der Waals surface area contributed by atoms with E-state index in [1.807, 2.05) is 12.1 Å². The Morgan fingerprint density at radius 3 is 2.41 bits per heavy atom. The van der Waals surface area contributed by atoms with Crippen molar-refractivity contribution in [2.24, 2.45) is 0 Å². The molecule has 1 amide bonds. The van der Waals surface area contributed by atoms with Gasteiger partial charge in [0.2, 0.25) is 0 Å². The maximum Gasteiger partial charge on any atom is 0.341 e. The molecule has 0 saturated carbocycles. The SMILES string of the molecule is Cc1cc(C(=O)Nc2ccc(OCC3CCCO3)cc2)cc(C)c1OCC(=O)O. The van der Waals surface area contributed by atoms with Gasteiger partial charge in [0.1, 0.15) is 18.1 Å². The van der Waals surface area contributed by atoms with Crippen LogP contribution in [-0.2, 0) is 9.53 Å². The third kappa shape index (κ3) is 5.71. The van der Waals surface area contributed by atoms with Crippen molar-refractivity contribution < 1.29 is 28.9 Å². The van der Waals surface area contributed by atoms with E-state index in [9.17, 15) is 9.59 Å². The number of carbonyl (C=O) groups is 2. The summed E-state index contributed by atoms with van der Waals surface area (Å²) in [6, 6.07) is 10.5. The number of nitrogens with one attached hydrogen (secondary N) is 1. The van der Waals surface area contributed by atoms with Gasteiger partial charge >= 0.3 is 5.97 Å². The molecule has 2 N–H and O–H groups in total. The molecule has 0 aliphatic carbocycles. The van der Waals surface area contributed by atoms with Gasteiger partial charge in [-0.25, -0.2) is 4.79 Å². The van der Waals surface area contributed by atoms with Crippen molar-refractivity contribution in [3.05, 3.63) is 53.1 Å². The van der Waals surface area contributed by atoms with Crippen molar-refractivity contribution in [3.8, 4) is 11.5 Å². The molecule has 0 bridgehead atoms. The van der Waals surface area contributed by atoms with Crippen molar-refractivity contribution in [2.75, 3.05) is 25.1 Å². The number of hydrogen-bond donors (Lipinski definition) is 2. The third-order valence-corrected chi connectivity index (χ3v) is 4.63. The molecule has 1 atom stereocenters. The molecule has 1 aliphatic rings. The summed E-state index contributed by atoms with van der Waals surface area (Å²) in [6.45, 7) is 4.46. The van der Waals surface area contributed by atoms with E-state index in [-0.39, 0.29) is 12.0 Å². The van der Waals surface area contributed by atoms with Gasteiger partial charge in [-0.3, -0.25) is 4.79 Å². The number of amides is 1. The Kier molecular flexibility index (Phi) is 6.72. The number of hydrogen-bond acceptors (Lipinski definition) is 5. The van der Waals surface area contributed by atoms with E-state index in [2.05, 4.69) is 5.32 Å². The Morgan fingerprint density at radius 2 is 1.83 bits per heavy atom. The van der Waals surface area contributed by atoms with Crippen molar-refractivity contribution in [1.82, 2.24) is 0 Å². The average molecular weight is 399 g/mol. The Hall–Kier alpha value is -3.06. The number of carbonyl (C=O) groups excluding carboxylic acids is 1. The van der Waals surface area contributed by atoms with Crippen LogP contribution in [0, 0.1) is 13.8 Å². The van der Waals surface area contributed by atoms with E-state index in [0.29, 0.717) is 34.7 Å². The molecule has 1 saturated heterocycles. The predicted octanol–water partition coefficient (Wildman–Crippen LogP) is 3.58. The highest BCUT2D eigenvalue weighted by molar-refractivity contribution is 6.04. The fourth-order valence-corrected chi connectivity index (χ4v) is 3.25. The van der Waals surface area contributed by atoms with Crippen molar-refractivity contribution in [3.63, 3.8) is 0 Å². The minimum absolute atomic E-state index is 0.156. The van der Waals surface area contributed by atoms with Gasteiger partial charge in [0.15, 0.2) is 6.61 Å². The zero-order valence-electron chi connectivity index (χ0n) is 16.6. The topological polar surface area (TPSA) is 94.1 Å². The van der Waals surface area contributed by atoms with Gasteiger partial charge in [-0.2, -0.15) is 0 Å². The summed E-state index contributed by atoms with van der Waals surface area (Å²) >= 11 is 0. The second-order valence-corrected chi connectivity index (χ2v) is 7.05. The van der Waals surface area contributed by atoms with Crippen LogP contribution in [-0.4, -0.2) is 42.9 Å². The molecule has 1 unspecified atom stereocenters. The first-order chi connectivity index (χ1) is 13.9. The minimum Gasteiger partial charge on any atom is -0.491 e. The summed E-state index contributed by atoms with van der Waals surface area (Å²) in [5.74, 6) is -0.0929. The fraction of sp³-hybridized carbons (Fsp3) is 0.364. The summed E-state index contributed by atoms with van der Waals surface area (Å²) in [4.78, 5) is 23.3. The third-order valence-electron chi connectivity index (χ3n) is 4.63. The summed E-state index contributed by atoms with van der Waals surface area (Å²) in [6.07, 6.45) is 2.25. The minimum atomic E-state index is -1.05. The quantitative estimate of drug-likeness (QED) is 0.705. The smallest absolute Gasteiger partial charge is 0.341 e. The summed E-state index contributed by atoms with van der Waals surface area (Å²) < 4.78 is 16.6. The molecule has 1 aliphatic heterocycles. The van der Waals surface area contributed by atoms with Crippen LogP contribution in [0.25, 0.3) is 0 Å². The standard InChI is InChI=1S/C22H25NO6/c1-14-10-16(11-15(2)21(14)29-13-20(24)25)22(26)23-17-5-7-18(8-6-17)28-12-19-4-3-9-27-19/h5-8,10-11,19H,3-4,9,12-13H2,1-2H3,(H,23,26)(H,24,25).